The van der Waals surface area contributed by atoms with Crippen LogP contribution in [0.1, 0.15) is 36.6 Å². The van der Waals surface area contributed by atoms with E-state index in [1.807, 2.05) is 11.3 Å². The van der Waals surface area contributed by atoms with Crippen molar-refractivity contribution in [3.63, 3.8) is 0 Å². The first-order valence-corrected chi connectivity index (χ1v) is 6.58. The van der Waals surface area contributed by atoms with Crippen LogP contribution in [0.15, 0.2) is 22.6 Å². The van der Waals surface area contributed by atoms with E-state index in [-0.39, 0.29) is 0 Å². The molecule has 1 aliphatic heterocycles. The zero-order chi connectivity index (χ0) is 10.3. The monoisotopic (exact) mass is 220 g/mol. The Hall–Kier alpha value is -0.830. The quantitative estimate of drug-likeness (QED) is 0.709. The van der Waals surface area contributed by atoms with Crippen LogP contribution in [-0.4, -0.2) is 17.8 Å². The van der Waals surface area contributed by atoms with Crippen LogP contribution in [0.5, 0.6) is 0 Å². The molecule has 0 spiro atoms. The first kappa shape index (κ1) is 9.40. The summed E-state index contributed by atoms with van der Waals surface area (Å²) in [5.74, 6) is 0.697. The van der Waals surface area contributed by atoms with Gasteiger partial charge in [-0.15, -0.1) is 11.3 Å². The molecule has 3 heteroatoms. The fourth-order valence-corrected chi connectivity index (χ4v) is 3.78. The SMILES string of the molecule is CN1N=C2CCCCC2C1c1cccs1. The van der Waals surface area contributed by atoms with Gasteiger partial charge in [0.15, 0.2) is 0 Å². The van der Waals surface area contributed by atoms with Crippen molar-refractivity contribution < 1.29 is 0 Å². The Morgan fingerprint density at radius 1 is 1.47 bits per heavy atom. The zero-order valence-electron chi connectivity index (χ0n) is 9.02. The predicted molar refractivity (Wildman–Crippen MR) is 64.2 cm³/mol. The Morgan fingerprint density at radius 2 is 2.40 bits per heavy atom. The molecule has 0 amide bonds. The second-order valence-electron chi connectivity index (χ2n) is 4.48. The van der Waals surface area contributed by atoms with Gasteiger partial charge in [-0.3, -0.25) is 5.01 Å². The number of rotatable bonds is 1. The minimum Gasteiger partial charge on any atom is -0.291 e. The molecule has 2 heterocycles. The smallest absolute Gasteiger partial charge is 0.0889 e. The number of hydrogen-bond acceptors (Lipinski definition) is 3. The van der Waals surface area contributed by atoms with Gasteiger partial charge in [-0.2, -0.15) is 5.10 Å². The molecular weight excluding hydrogens is 204 g/mol. The Morgan fingerprint density at radius 3 is 3.20 bits per heavy atom. The van der Waals surface area contributed by atoms with Crippen LogP contribution in [0.25, 0.3) is 0 Å². The first-order valence-electron chi connectivity index (χ1n) is 5.70. The van der Waals surface area contributed by atoms with Crippen molar-refractivity contribution in [3.05, 3.63) is 22.4 Å². The highest BCUT2D eigenvalue weighted by Gasteiger charge is 2.37. The van der Waals surface area contributed by atoms with Crippen LogP contribution < -0.4 is 0 Å². The lowest BCUT2D eigenvalue weighted by Crippen LogP contribution is -2.24. The maximum Gasteiger partial charge on any atom is 0.0889 e. The maximum atomic E-state index is 4.70. The van der Waals surface area contributed by atoms with Crippen LogP contribution in [0.4, 0.5) is 0 Å². The van der Waals surface area contributed by atoms with E-state index >= 15 is 0 Å². The topological polar surface area (TPSA) is 15.6 Å². The molecule has 1 fully saturated rings. The molecule has 1 aliphatic carbocycles. The summed E-state index contributed by atoms with van der Waals surface area (Å²) in [4.78, 5) is 1.48. The minimum atomic E-state index is 0.528. The van der Waals surface area contributed by atoms with Gasteiger partial charge in [0.1, 0.15) is 0 Å². The standard InChI is InChI=1S/C12H16N2S/c1-14-12(11-7-4-8-15-11)9-5-2-3-6-10(9)13-14/h4,7-9,12H,2-3,5-6H2,1H3. The fourth-order valence-electron chi connectivity index (χ4n) is 2.85. The predicted octanol–water partition coefficient (Wildman–Crippen LogP) is 3.28. The van der Waals surface area contributed by atoms with Crippen LogP contribution in [0.3, 0.4) is 0 Å². The van der Waals surface area contributed by atoms with E-state index < -0.39 is 0 Å². The average molecular weight is 220 g/mol. The first-order chi connectivity index (χ1) is 7.36. The van der Waals surface area contributed by atoms with Crippen LogP contribution in [0.2, 0.25) is 0 Å². The fraction of sp³-hybridized carbons (Fsp3) is 0.583. The van der Waals surface area contributed by atoms with Crippen molar-refractivity contribution in [3.8, 4) is 0 Å². The third-order valence-electron chi connectivity index (χ3n) is 3.53. The van der Waals surface area contributed by atoms with Gasteiger partial charge >= 0.3 is 0 Å². The number of hydrazone groups is 1. The molecule has 0 N–H and O–H groups in total. The summed E-state index contributed by atoms with van der Waals surface area (Å²) in [5.41, 5.74) is 1.45. The summed E-state index contributed by atoms with van der Waals surface area (Å²) >= 11 is 1.86. The van der Waals surface area contributed by atoms with Gasteiger partial charge in [0.2, 0.25) is 0 Å². The molecule has 0 radical (unpaired) electrons. The molecule has 0 saturated heterocycles. The molecule has 0 bridgehead atoms. The molecule has 2 aliphatic rings. The van der Waals surface area contributed by atoms with Crippen molar-refractivity contribution >= 4 is 17.0 Å². The normalized spacial score (nSPS) is 30.2. The molecule has 15 heavy (non-hydrogen) atoms. The molecule has 2 unspecified atom stereocenters. The molecule has 2 nitrogen and oxygen atoms in total. The summed E-state index contributed by atoms with van der Waals surface area (Å²) in [6, 6.07) is 4.92. The highest BCUT2D eigenvalue weighted by Crippen LogP contribution is 2.42. The van der Waals surface area contributed by atoms with E-state index in [0.717, 1.165) is 0 Å². The van der Waals surface area contributed by atoms with Crippen molar-refractivity contribution in [2.45, 2.75) is 31.7 Å². The minimum absolute atomic E-state index is 0.528. The number of thiophene rings is 1. The highest BCUT2D eigenvalue weighted by atomic mass is 32.1. The number of hydrogen-bond donors (Lipinski definition) is 0. The summed E-state index contributed by atoms with van der Waals surface area (Å²) in [6.45, 7) is 0. The second-order valence-corrected chi connectivity index (χ2v) is 5.46. The van der Waals surface area contributed by atoms with Crippen molar-refractivity contribution in [2.24, 2.45) is 11.0 Å². The highest BCUT2D eigenvalue weighted by molar-refractivity contribution is 7.10. The van der Waals surface area contributed by atoms with E-state index in [0.29, 0.717) is 12.0 Å². The third-order valence-corrected chi connectivity index (χ3v) is 4.47. The second kappa shape index (κ2) is 3.63. The summed E-state index contributed by atoms with van der Waals surface area (Å²) in [6.07, 6.45) is 5.25. The Labute approximate surface area is 94.6 Å². The van der Waals surface area contributed by atoms with E-state index in [1.54, 1.807) is 0 Å². The summed E-state index contributed by atoms with van der Waals surface area (Å²) in [5, 5.41) is 9.05. The molecule has 80 valence electrons. The van der Waals surface area contributed by atoms with Crippen LogP contribution >= 0.6 is 11.3 Å². The zero-order valence-corrected chi connectivity index (χ0v) is 9.83. The van der Waals surface area contributed by atoms with Gasteiger partial charge < -0.3 is 0 Å². The largest absolute Gasteiger partial charge is 0.291 e. The van der Waals surface area contributed by atoms with Crippen molar-refractivity contribution in [1.29, 1.82) is 0 Å². The van der Waals surface area contributed by atoms with Crippen LogP contribution in [0, 0.1) is 5.92 Å². The molecular formula is C12H16N2S. The molecule has 1 aromatic rings. The van der Waals surface area contributed by atoms with Crippen LogP contribution in [-0.2, 0) is 0 Å². The molecule has 1 saturated carbocycles. The third kappa shape index (κ3) is 1.49. The van der Waals surface area contributed by atoms with E-state index in [4.69, 9.17) is 5.10 Å². The van der Waals surface area contributed by atoms with Gasteiger partial charge in [0, 0.05) is 23.6 Å². The Kier molecular flexibility index (Phi) is 2.28. The van der Waals surface area contributed by atoms with Gasteiger partial charge in [-0.1, -0.05) is 12.5 Å². The average Bonchev–Trinajstić information content (AvgIpc) is 2.82. The molecule has 1 aromatic heterocycles. The van der Waals surface area contributed by atoms with Gasteiger partial charge in [-0.05, 0) is 30.7 Å². The molecule has 3 rings (SSSR count). The van der Waals surface area contributed by atoms with Crippen molar-refractivity contribution in [2.75, 3.05) is 7.05 Å². The van der Waals surface area contributed by atoms with Gasteiger partial charge in [0.25, 0.3) is 0 Å². The van der Waals surface area contributed by atoms with E-state index in [9.17, 15) is 0 Å². The number of nitrogens with zero attached hydrogens (tertiary/aromatic N) is 2. The van der Waals surface area contributed by atoms with Gasteiger partial charge in [-0.25, -0.2) is 0 Å². The lowest BCUT2D eigenvalue weighted by atomic mass is 9.82. The lowest BCUT2D eigenvalue weighted by molar-refractivity contribution is 0.244. The number of fused-ring (bicyclic) bond motifs is 1. The summed E-state index contributed by atoms with van der Waals surface area (Å²) < 4.78 is 0. The Bertz CT molecular complexity index is 369. The van der Waals surface area contributed by atoms with Gasteiger partial charge in [0.05, 0.1) is 6.04 Å². The van der Waals surface area contributed by atoms with E-state index in [2.05, 4.69) is 29.6 Å². The Balaban J connectivity index is 1.91. The molecule has 2 atom stereocenters. The summed E-state index contributed by atoms with van der Waals surface area (Å²) in [7, 11) is 2.12. The van der Waals surface area contributed by atoms with Crippen molar-refractivity contribution in [1.82, 2.24) is 5.01 Å². The lowest BCUT2D eigenvalue weighted by Gasteiger charge is -2.26. The maximum absolute atomic E-state index is 4.70. The van der Waals surface area contributed by atoms with E-state index in [1.165, 1.54) is 36.3 Å². The molecule has 0 aromatic carbocycles.